The summed E-state index contributed by atoms with van der Waals surface area (Å²) in [6, 6.07) is 5.68. The first kappa shape index (κ1) is 13.9. The summed E-state index contributed by atoms with van der Waals surface area (Å²) in [6.07, 6.45) is 2.72. The number of carbonyl (C=O) groups excluding carboxylic acids is 1. The average molecular weight is 348 g/mol. The highest BCUT2D eigenvalue weighted by atomic mass is 79.9. The summed E-state index contributed by atoms with van der Waals surface area (Å²) in [5.41, 5.74) is 0.784. The fourth-order valence-electron chi connectivity index (χ4n) is 1.52. The first-order chi connectivity index (χ1) is 7.50. The lowest BCUT2D eigenvalue weighted by atomic mass is 10.0. The van der Waals surface area contributed by atoms with E-state index in [0.29, 0.717) is 12.3 Å². The molecular formula is C13H16Br2O. The van der Waals surface area contributed by atoms with E-state index in [1.165, 1.54) is 0 Å². The maximum absolute atomic E-state index is 11.9. The summed E-state index contributed by atoms with van der Waals surface area (Å²) < 4.78 is 1.86. The van der Waals surface area contributed by atoms with Gasteiger partial charge in [0.1, 0.15) is 0 Å². The van der Waals surface area contributed by atoms with Gasteiger partial charge in [-0.05, 0) is 30.5 Å². The van der Waals surface area contributed by atoms with Gasteiger partial charge in [0.05, 0.1) is 0 Å². The van der Waals surface area contributed by atoms with Crippen molar-refractivity contribution in [2.24, 2.45) is 5.92 Å². The lowest BCUT2D eigenvalue weighted by molar-refractivity contribution is 0.0977. The molecule has 0 amide bonds. The molecule has 0 saturated carbocycles. The van der Waals surface area contributed by atoms with Crippen LogP contribution in [-0.2, 0) is 0 Å². The minimum absolute atomic E-state index is 0.222. The zero-order chi connectivity index (χ0) is 12.1. The summed E-state index contributed by atoms with van der Waals surface area (Å²) in [4.78, 5) is 11.9. The Morgan fingerprint density at radius 2 is 2.00 bits per heavy atom. The van der Waals surface area contributed by atoms with Gasteiger partial charge in [-0.2, -0.15) is 0 Å². The van der Waals surface area contributed by atoms with Gasteiger partial charge in [0.25, 0.3) is 0 Å². The highest BCUT2D eigenvalue weighted by Gasteiger charge is 2.10. The minimum atomic E-state index is 0.222. The van der Waals surface area contributed by atoms with E-state index in [1.54, 1.807) is 0 Å². The SMILES string of the molecule is CC(C)CCCC(=O)c1ccc(Br)cc1Br. The van der Waals surface area contributed by atoms with Crippen molar-refractivity contribution in [1.82, 2.24) is 0 Å². The van der Waals surface area contributed by atoms with Crippen LogP contribution in [0.3, 0.4) is 0 Å². The molecule has 3 heteroatoms. The van der Waals surface area contributed by atoms with Crippen molar-refractivity contribution < 1.29 is 4.79 Å². The standard InChI is InChI=1S/C13H16Br2O/c1-9(2)4-3-5-13(16)11-7-6-10(14)8-12(11)15/h6-9H,3-5H2,1-2H3. The van der Waals surface area contributed by atoms with E-state index >= 15 is 0 Å². The van der Waals surface area contributed by atoms with Gasteiger partial charge in [-0.3, -0.25) is 4.79 Å². The molecule has 0 spiro atoms. The molecule has 16 heavy (non-hydrogen) atoms. The largest absolute Gasteiger partial charge is 0.294 e. The molecule has 1 nitrogen and oxygen atoms in total. The number of hydrogen-bond donors (Lipinski definition) is 0. The minimum Gasteiger partial charge on any atom is -0.294 e. The number of rotatable bonds is 5. The van der Waals surface area contributed by atoms with Crippen LogP contribution >= 0.6 is 31.9 Å². The quantitative estimate of drug-likeness (QED) is 0.667. The van der Waals surface area contributed by atoms with Crippen LogP contribution in [0.2, 0.25) is 0 Å². The van der Waals surface area contributed by atoms with E-state index in [0.717, 1.165) is 27.4 Å². The van der Waals surface area contributed by atoms with Crippen LogP contribution in [0.25, 0.3) is 0 Å². The van der Waals surface area contributed by atoms with Gasteiger partial charge in [-0.1, -0.05) is 52.1 Å². The van der Waals surface area contributed by atoms with E-state index < -0.39 is 0 Å². The van der Waals surface area contributed by atoms with Crippen LogP contribution in [0.5, 0.6) is 0 Å². The Morgan fingerprint density at radius 1 is 1.31 bits per heavy atom. The molecule has 0 aromatic heterocycles. The first-order valence-corrected chi connectivity index (χ1v) is 7.07. The maximum Gasteiger partial charge on any atom is 0.164 e. The average Bonchev–Trinajstić information content (AvgIpc) is 2.16. The highest BCUT2D eigenvalue weighted by Crippen LogP contribution is 2.23. The first-order valence-electron chi connectivity index (χ1n) is 5.49. The van der Waals surface area contributed by atoms with Crippen molar-refractivity contribution in [2.75, 3.05) is 0 Å². The molecular weight excluding hydrogens is 332 g/mol. The van der Waals surface area contributed by atoms with Gasteiger partial charge in [0.2, 0.25) is 0 Å². The summed E-state index contributed by atoms with van der Waals surface area (Å²) in [5.74, 6) is 0.890. The molecule has 0 aliphatic rings. The topological polar surface area (TPSA) is 17.1 Å². The molecule has 0 heterocycles. The number of halogens is 2. The van der Waals surface area contributed by atoms with E-state index in [2.05, 4.69) is 45.7 Å². The summed E-state index contributed by atoms with van der Waals surface area (Å²) in [5, 5.41) is 0. The predicted octanol–water partition coefficient (Wildman–Crippen LogP) is 5.22. The maximum atomic E-state index is 11.9. The molecule has 1 aromatic rings. The molecule has 1 rings (SSSR count). The van der Waals surface area contributed by atoms with E-state index in [9.17, 15) is 4.79 Å². The highest BCUT2D eigenvalue weighted by molar-refractivity contribution is 9.11. The summed E-state index contributed by atoms with van der Waals surface area (Å²) in [6.45, 7) is 4.36. The van der Waals surface area contributed by atoms with Crippen LogP contribution in [0.1, 0.15) is 43.5 Å². The van der Waals surface area contributed by atoms with Gasteiger partial charge in [0.15, 0.2) is 5.78 Å². The molecule has 88 valence electrons. The van der Waals surface area contributed by atoms with Crippen molar-refractivity contribution in [3.63, 3.8) is 0 Å². The van der Waals surface area contributed by atoms with Crippen LogP contribution in [0.15, 0.2) is 27.1 Å². The van der Waals surface area contributed by atoms with Crippen molar-refractivity contribution in [3.8, 4) is 0 Å². The normalized spacial score (nSPS) is 10.8. The number of Topliss-reactive ketones (excluding diaryl/α,β-unsaturated/α-hetero) is 1. The second-order valence-electron chi connectivity index (χ2n) is 4.33. The molecule has 0 unspecified atom stereocenters. The molecule has 0 atom stereocenters. The van der Waals surface area contributed by atoms with Gasteiger partial charge >= 0.3 is 0 Å². The fraction of sp³-hybridized carbons (Fsp3) is 0.462. The Morgan fingerprint density at radius 3 is 2.56 bits per heavy atom. The van der Waals surface area contributed by atoms with Crippen molar-refractivity contribution in [3.05, 3.63) is 32.7 Å². The van der Waals surface area contributed by atoms with Crippen LogP contribution in [-0.4, -0.2) is 5.78 Å². The zero-order valence-electron chi connectivity index (χ0n) is 9.59. The van der Waals surface area contributed by atoms with Gasteiger partial charge in [-0.15, -0.1) is 0 Å². The molecule has 0 saturated heterocycles. The number of benzene rings is 1. The summed E-state index contributed by atoms with van der Waals surface area (Å²) in [7, 11) is 0. The Labute approximate surface area is 114 Å². The van der Waals surface area contributed by atoms with Crippen LogP contribution in [0, 0.1) is 5.92 Å². The van der Waals surface area contributed by atoms with Crippen LogP contribution in [0.4, 0.5) is 0 Å². The number of hydrogen-bond acceptors (Lipinski definition) is 1. The monoisotopic (exact) mass is 346 g/mol. The molecule has 0 aliphatic carbocycles. The van der Waals surface area contributed by atoms with E-state index in [-0.39, 0.29) is 5.78 Å². The van der Waals surface area contributed by atoms with Crippen molar-refractivity contribution in [1.29, 1.82) is 0 Å². The van der Waals surface area contributed by atoms with Gasteiger partial charge in [-0.25, -0.2) is 0 Å². The molecule has 0 radical (unpaired) electrons. The van der Waals surface area contributed by atoms with Crippen LogP contribution < -0.4 is 0 Å². The Hall–Kier alpha value is -0.150. The summed E-state index contributed by atoms with van der Waals surface area (Å²) >= 11 is 6.79. The Bertz CT molecular complexity index is 372. The van der Waals surface area contributed by atoms with E-state index in [4.69, 9.17) is 0 Å². The molecule has 0 N–H and O–H groups in total. The van der Waals surface area contributed by atoms with Gasteiger partial charge in [0, 0.05) is 20.9 Å². The zero-order valence-corrected chi connectivity index (χ0v) is 12.8. The fourth-order valence-corrected chi connectivity index (χ4v) is 2.79. The predicted molar refractivity (Wildman–Crippen MR) is 74.9 cm³/mol. The Balaban J connectivity index is 2.59. The number of carbonyl (C=O) groups is 1. The lowest BCUT2D eigenvalue weighted by Crippen LogP contribution is -2.01. The third kappa shape index (κ3) is 4.38. The van der Waals surface area contributed by atoms with Crippen molar-refractivity contribution >= 4 is 37.6 Å². The third-order valence-corrected chi connectivity index (χ3v) is 3.57. The molecule has 0 bridgehead atoms. The second kappa shape index (κ2) is 6.55. The molecule has 0 aliphatic heterocycles. The second-order valence-corrected chi connectivity index (χ2v) is 6.10. The van der Waals surface area contributed by atoms with Gasteiger partial charge < -0.3 is 0 Å². The number of ketones is 1. The lowest BCUT2D eigenvalue weighted by Gasteiger charge is -2.06. The van der Waals surface area contributed by atoms with E-state index in [1.807, 2.05) is 18.2 Å². The molecule has 1 aromatic carbocycles. The third-order valence-electron chi connectivity index (χ3n) is 2.42. The smallest absolute Gasteiger partial charge is 0.164 e. The Kier molecular flexibility index (Phi) is 5.70. The van der Waals surface area contributed by atoms with Crippen molar-refractivity contribution in [2.45, 2.75) is 33.1 Å². The molecule has 0 fully saturated rings.